The Hall–Kier alpha value is -2.04. The molecule has 0 aliphatic carbocycles. The standard InChI is InChI=1S/C19H24N2O2.ClH/c1-3-21(4-2)19(22)16-10-11-18(17(12-16)13-20)23-14-15-8-6-5-7-9-15;/h5-12H,3-4,13-14,20H2,1-2H3;1H. The topological polar surface area (TPSA) is 55.6 Å². The van der Waals surface area contributed by atoms with Crippen molar-refractivity contribution in [2.75, 3.05) is 13.1 Å². The van der Waals surface area contributed by atoms with Crippen LogP contribution in [0.1, 0.15) is 35.3 Å². The Kier molecular flexibility index (Phi) is 8.30. The molecule has 0 atom stereocenters. The van der Waals surface area contributed by atoms with Gasteiger partial charge < -0.3 is 15.4 Å². The van der Waals surface area contributed by atoms with Crippen LogP contribution in [0.2, 0.25) is 0 Å². The van der Waals surface area contributed by atoms with Crippen LogP contribution in [0.4, 0.5) is 0 Å². The van der Waals surface area contributed by atoms with Gasteiger partial charge in [-0.3, -0.25) is 4.79 Å². The average molecular weight is 349 g/mol. The van der Waals surface area contributed by atoms with Crippen molar-refractivity contribution >= 4 is 18.3 Å². The lowest BCUT2D eigenvalue weighted by molar-refractivity contribution is 0.0773. The lowest BCUT2D eigenvalue weighted by Crippen LogP contribution is -2.30. The number of nitrogens with zero attached hydrogens (tertiary/aromatic N) is 1. The van der Waals surface area contributed by atoms with Crippen LogP contribution in [0.5, 0.6) is 5.75 Å². The van der Waals surface area contributed by atoms with E-state index in [0.717, 1.165) is 16.9 Å². The summed E-state index contributed by atoms with van der Waals surface area (Å²) in [6.45, 7) is 6.16. The van der Waals surface area contributed by atoms with Crippen molar-refractivity contribution < 1.29 is 9.53 Å². The first-order chi connectivity index (χ1) is 11.2. The number of ether oxygens (including phenoxy) is 1. The second-order valence-electron chi connectivity index (χ2n) is 5.28. The average Bonchev–Trinajstić information content (AvgIpc) is 2.61. The van der Waals surface area contributed by atoms with Crippen molar-refractivity contribution in [3.05, 3.63) is 65.2 Å². The SMILES string of the molecule is CCN(CC)C(=O)c1ccc(OCc2ccccc2)c(CN)c1.Cl. The number of amides is 1. The molecule has 2 rings (SSSR count). The number of carbonyl (C=O) groups excluding carboxylic acids is 1. The van der Waals surface area contributed by atoms with E-state index in [-0.39, 0.29) is 18.3 Å². The Morgan fingerprint density at radius 3 is 2.33 bits per heavy atom. The van der Waals surface area contributed by atoms with E-state index in [1.807, 2.05) is 56.3 Å². The smallest absolute Gasteiger partial charge is 0.253 e. The van der Waals surface area contributed by atoms with E-state index in [4.69, 9.17) is 10.5 Å². The third kappa shape index (κ3) is 4.98. The molecule has 4 nitrogen and oxygen atoms in total. The molecular formula is C19H25ClN2O2. The Morgan fingerprint density at radius 1 is 1.08 bits per heavy atom. The minimum absolute atomic E-state index is 0. The minimum atomic E-state index is 0. The van der Waals surface area contributed by atoms with Gasteiger partial charge in [-0.15, -0.1) is 12.4 Å². The zero-order valence-corrected chi connectivity index (χ0v) is 15.0. The van der Waals surface area contributed by atoms with Crippen LogP contribution in [-0.2, 0) is 13.2 Å². The van der Waals surface area contributed by atoms with Gasteiger partial charge in [-0.05, 0) is 37.6 Å². The predicted molar refractivity (Wildman–Crippen MR) is 99.6 cm³/mol. The van der Waals surface area contributed by atoms with Gasteiger partial charge in [0.15, 0.2) is 0 Å². The van der Waals surface area contributed by atoms with E-state index in [1.165, 1.54) is 0 Å². The molecule has 0 aliphatic rings. The zero-order chi connectivity index (χ0) is 16.7. The van der Waals surface area contributed by atoms with Crippen LogP contribution < -0.4 is 10.5 Å². The Balaban J connectivity index is 0.00000288. The van der Waals surface area contributed by atoms with Gasteiger partial charge in [0.2, 0.25) is 0 Å². The highest BCUT2D eigenvalue weighted by Crippen LogP contribution is 2.22. The lowest BCUT2D eigenvalue weighted by atomic mass is 10.1. The fourth-order valence-corrected chi connectivity index (χ4v) is 2.44. The van der Waals surface area contributed by atoms with Gasteiger partial charge in [-0.1, -0.05) is 30.3 Å². The molecule has 0 fully saturated rings. The molecule has 0 aliphatic heterocycles. The molecule has 0 bridgehead atoms. The molecule has 0 saturated heterocycles. The van der Waals surface area contributed by atoms with Gasteiger partial charge in [0.05, 0.1) is 0 Å². The summed E-state index contributed by atoms with van der Waals surface area (Å²) in [5.74, 6) is 0.756. The van der Waals surface area contributed by atoms with Crippen LogP contribution in [0.25, 0.3) is 0 Å². The van der Waals surface area contributed by atoms with E-state index in [2.05, 4.69) is 0 Å². The van der Waals surface area contributed by atoms with Crippen molar-refractivity contribution in [3.8, 4) is 5.75 Å². The highest BCUT2D eigenvalue weighted by Gasteiger charge is 2.14. The van der Waals surface area contributed by atoms with Crippen LogP contribution >= 0.6 is 12.4 Å². The number of hydrogen-bond acceptors (Lipinski definition) is 3. The summed E-state index contributed by atoms with van der Waals surface area (Å²) in [4.78, 5) is 14.2. The number of nitrogens with two attached hydrogens (primary N) is 1. The first kappa shape index (κ1) is 20.0. The van der Waals surface area contributed by atoms with E-state index < -0.39 is 0 Å². The monoisotopic (exact) mass is 348 g/mol. The molecule has 0 unspecified atom stereocenters. The molecule has 2 N–H and O–H groups in total. The third-order valence-electron chi connectivity index (χ3n) is 3.82. The van der Waals surface area contributed by atoms with Gasteiger partial charge in [-0.25, -0.2) is 0 Å². The number of rotatable bonds is 7. The maximum atomic E-state index is 12.4. The number of benzene rings is 2. The normalized spacial score (nSPS) is 9.96. The van der Waals surface area contributed by atoms with Crippen LogP contribution in [-0.4, -0.2) is 23.9 Å². The van der Waals surface area contributed by atoms with Crippen LogP contribution in [0.3, 0.4) is 0 Å². The van der Waals surface area contributed by atoms with Gasteiger partial charge >= 0.3 is 0 Å². The summed E-state index contributed by atoms with van der Waals surface area (Å²) in [7, 11) is 0. The van der Waals surface area contributed by atoms with E-state index in [9.17, 15) is 4.79 Å². The van der Waals surface area contributed by atoms with E-state index in [1.54, 1.807) is 11.0 Å². The molecular weight excluding hydrogens is 324 g/mol. The maximum Gasteiger partial charge on any atom is 0.253 e. The molecule has 0 heterocycles. The summed E-state index contributed by atoms with van der Waals surface area (Å²) < 4.78 is 5.86. The predicted octanol–water partition coefficient (Wildman–Crippen LogP) is 3.63. The van der Waals surface area contributed by atoms with Crippen molar-refractivity contribution in [3.63, 3.8) is 0 Å². The summed E-state index contributed by atoms with van der Waals surface area (Å²) in [6, 6.07) is 15.4. The number of hydrogen-bond donors (Lipinski definition) is 1. The highest BCUT2D eigenvalue weighted by atomic mass is 35.5. The van der Waals surface area contributed by atoms with Gasteiger partial charge in [0.25, 0.3) is 5.91 Å². The summed E-state index contributed by atoms with van der Waals surface area (Å²) >= 11 is 0. The van der Waals surface area contributed by atoms with Gasteiger partial charge in [0, 0.05) is 30.8 Å². The number of halogens is 1. The van der Waals surface area contributed by atoms with Crippen molar-refractivity contribution in [1.82, 2.24) is 4.90 Å². The highest BCUT2D eigenvalue weighted by molar-refractivity contribution is 5.94. The Bertz CT molecular complexity index is 643. The number of carbonyl (C=O) groups is 1. The molecule has 5 heteroatoms. The molecule has 0 spiro atoms. The fraction of sp³-hybridized carbons (Fsp3) is 0.316. The van der Waals surface area contributed by atoms with Crippen molar-refractivity contribution in [2.24, 2.45) is 5.73 Å². The minimum Gasteiger partial charge on any atom is -0.489 e. The van der Waals surface area contributed by atoms with E-state index >= 15 is 0 Å². The maximum absolute atomic E-state index is 12.4. The first-order valence-electron chi connectivity index (χ1n) is 7.98. The lowest BCUT2D eigenvalue weighted by Gasteiger charge is -2.19. The molecule has 1 amide bonds. The molecule has 2 aromatic rings. The van der Waals surface area contributed by atoms with Crippen LogP contribution in [0, 0.1) is 0 Å². The molecule has 130 valence electrons. The Morgan fingerprint density at radius 2 is 1.75 bits per heavy atom. The second kappa shape index (κ2) is 9.96. The fourth-order valence-electron chi connectivity index (χ4n) is 2.44. The molecule has 0 radical (unpaired) electrons. The Labute approximate surface area is 150 Å². The summed E-state index contributed by atoms with van der Waals surface area (Å²) in [6.07, 6.45) is 0. The molecule has 0 saturated carbocycles. The third-order valence-corrected chi connectivity index (χ3v) is 3.82. The first-order valence-corrected chi connectivity index (χ1v) is 7.98. The second-order valence-corrected chi connectivity index (χ2v) is 5.28. The van der Waals surface area contributed by atoms with Gasteiger partial charge in [0.1, 0.15) is 12.4 Å². The quantitative estimate of drug-likeness (QED) is 0.831. The van der Waals surface area contributed by atoms with Crippen LogP contribution in [0.15, 0.2) is 48.5 Å². The van der Waals surface area contributed by atoms with Crippen molar-refractivity contribution in [1.29, 1.82) is 0 Å². The van der Waals surface area contributed by atoms with Gasteiger partial charge in [-0.2, -0.15) is 0 Å². The van der Waals surface area contributed by atoms with E-state index in [0.29, 0.717) is 31.8 Å². The molecule has 24 heavy (non-hydrogen) atoms. The summed E-state index contributed by atoms with van der Waals surface area (Å²) in [5.41, 5.74) is 8.42. The summed E-state index contributed by atoms with van der Waals surface area (Å²) in [5, 5.41) is 0. The van der Waals surface area contributed by atoms with Crippen molar-refractivity contribution in [2.45, 2.75) is 27.0 Å². The zero-order valence-electron chi connectivity index (χ0n) is 14.2. The molecule has 0 aromatic heterocycles. The largest absolute Gasteiger partial charge is 0.489 e. The molecule has 2 aromatic carbocycles.